The van der Waals surface area contributed by atoms with E-state index in [-0.39, 0.29) is 6.01 Å². The second-order valence-electron chi connectivity index (χ2n) is 4.38. The van der Waals surface area contributed by atoms with E-state index in [1.165, 1.54) is 7.11 Å². The third-order valence-electron chi connectivity index (χ3n) is 2.26. The third kappa shape index (κ3) is 4.70. The highest BCUT2D eigenvalue weighted by atomic mass is 16.5. The van der Waals surface area contributed by atoms with Crippen LogP contribution >= 0.6 is 0 Å². The summed E-state index contributed by atoms with van der Waals surface area (Å²) in [7, 11) is 3.21. The molecule has 0 aliphatic heterocycles. The predicted molar refractivity (Wildman–Crippen MR) is 69.9 cm³/mol. The Morgan fingerprint density at radius 1 is 1.22 bits per heavy atom. The molecule has 0 aliphatic rings. The molecule has 0 fully saturated rings. The SMILES string of the molecule is CNc1nc(NCC(O)CC(C)C)nc(OC)n1. The highest BCUT2D eigenvalue weighted by Gasteiger charge is 2.09. The molecule has 1 unspecified atom stereocenters. The minimum Gasteiger partial charge on any atom is -0.467 e. The number of methoxy groups -OCH3 is 1. The second kappa shape index (κ2) is 6.95. The first-order chi connectivity index (χ1) is 8.55. The minimum absolute atomic E-state index is 0.232. The van der Waals surface area contributed by atoms with Gasteiger partial charge in [0.1, 0.15) is 0 Å². The number of ether oxygens (including phenoxy) is 1. The Hall–Kier alpha value is -1.63. The molecule has 7 nitrogen and oxygen atoms in total. The van der Waals surface area contributed by atoms with Crippen LogP contribution in [0.3, 0.4) is 0 Å². The van der Waals surface area contributed by atoms with Gasteiger partial charge in [0, 0.05) is 13.6 Å². The first kappa shape index (κ1) is 14.4. The second-order valence-corrected chi connectivity index (χ2v) is 4.38. The summed E-state index contributed by atoms with van der Waals surface area (Å²) >= 11 is 0. The summed E-state index contributed by atoms with van der Waals surface area (Å²) < 4.78 is 4.96. The van der Waals surface area contributed by atoms with Crippen LogP contribution in [0.25, 0.3) is 0 Å². The van der Waals surface area contributed by atoms with Crippen LogP contribution in [-0.2, 0) is 0 Å². The lowest BCUT2D eigenvalue weighted by atomic mass is 10.1. The largest absolute Gasteiger partial charge is 0.467 e. The van der Waals surface area contributed by atoms with Crippen molar-refractivity contribution in [2.24, 2.45) is 5.92 Å². The molecule has 1 heterocycles. The first-order valence-electron chi connectivity index (χ1n) is 5.95. The number of nitrogens with one attached hydrogen (secondary N) is 2. The summed E-state index contributed by atoms with van der Waals surface area (Å²) in [5.41, 5.74) is 0. The highest BCUT2D eigenvalue weighted by Crippen LogP contribution is 2.11. The molecule has 0 saturated carbocycles. The van der Waals surface area contributed by atoms with Gasteiger partial charge in [-0.25, -0.2) is 0 Å². The zero-order chi connectivity index (χ0) is 13.5. The number of nitrogens with zero attached hydrogens (tertiary/aromatic N) is 3. The van der Waals surface area contributed by atoms with Gasteiger partial charge in [0.2, 0.25) is 11.9 Å². The fourth-order valence-electron chi connectivity index (χ4n) is 1.48. The van der Waals surface area contributed by atoms with E-state index >= 15 is 0 Å². The maximum absolute atomic E-state index is 9.75. The van der Waals surface area contributed by atoms with Crippen molar-refractivity contribution in [2.75, 3.05) is 31.3 Å². The lowest BCUT2D eigenvalue weighted by molar-refractivity contribution is 0.161. The molecule has 7 heteroatoms. The van der Waals surface area contributed by atoms with Gasteiger partial charge in [0.25, 0.3) is 0 Å². The number of aliphatic hydroxyl groups is 1. The van der Waals surface area contributed by atoms with Gasteiger partial charge in [-0.15, -0.1) is 0 Å². The summed E-state index contributed by atoms with van der Waals surface area (Å²) in [6.07, 6.45) is 0.305. The van der Waals surface area contributed by atoms with Crippen LogP contribution in [0.1, 0.15) is 20.3 Å². The van der Waals surface area contributed by atoms with Crippen LogP contribution in [-0.4, -0.2) is 46.9 Å². The average molecular weight is 255 g/mol. The van der Waals surface area contributed by atoms with Gasteiger partial charge >= 0.3 is 6.01 Å². The molecule has 1 atom stereocenters. The third-order valence-corrected chi connectivity index (χ3v) is 2.26. The van der Waals surface area contributed by atoms with Gasteiger partial charge in [0.15, 0.2) is 0 Å². The predicted octanol–water partition coefficient (Wildman–Crippen LogP) is 0.741. The Morgan fingerprint density at radius 3 is 2.44 bits per heavy atom. The zero-order valence-electron chi connectivity index (χ0n) is 11.3. The van der Waals surface area contributed by atoms with E-state index in [1.807, 2.05) is 0 Å². The first-order valence-corrected chi connectivity index (χ1v) is 5.95. The van der Waals surface area contributed by atoms with E-state index in [0.717, 1.165) is 6.42 Å². The van der Waals surface area contributed by atoms with Gasteiger partial charge in [-0.3, -0.25) is 0 Å². The molecule has 0 aromatic carbocycles. The number of hydrogen-bond donors (Lipinski definition) is 3. The molecule has 102 valence electrons. The maximum Gasteiger partial charge on any atom is 0.322 e. The Bertz CT molecular complexity index is 350. The van der Waals surface area contributed by atoms with Crippen LogP contribution in [0.15, 0.2) is 0 Å². The standard InChI is InChI=1S/C11H21N5O2/c1-7(2)5-8(17)6-13-10-14-9(12-3)15-11(16-10)18-4/h7-8,17H,5-6H2,1-4H3,(H2,12,13,14,15,16). The topological polar surface area (TPSA) is 92.2 Å². The fourth-order valence-corrected chi connectivity index (χ4v) is 1.48. The minimum atomic E-state index is -0.425. The van der Waals surface area contributed by atoms with Crippen LogP contribution in [0, 0.1) is 5.92 Å². The lowest BCUT2D eigenvalue weighted by Gasteiger charge is -2.14. The quantitative estimate of drug-likeness (QED) is 0.661. The van der Waals surface area contributed by atoms with Crippen LogP contribution in [0.2, 0.25) is 0 Å². The highest BCUT2D eigenvalue weighted by molar-refractivity contribution is 5.35. The Kier molecular flexibility index (Phi) is 5.57. The van der Waals surface area contributed by atoms with Gasteiger partial charge in [-0.2, -0.15) is 15.0 Å². The molecule has 3 N–H and O–H groups in total. The van der Waals surface area contributed by atoms with Crippen molar-refractivity contribution in [3.63, 3.8) is 0 Å². The van der Waals surface area contributed by atoms with E-state index in [0.29, 0.717) is 24.4 Å². The number of aliphatic hydroxyl groups excluding tert-OH is 1. The molecule has 0 aliphatic carbocycles. The van der Waals surface area contributed by atoms with Crippen LogP contribution in [0.4, 0.5) is 11.9 Å². The molecular weight excluding hydrogens is 234 g/mol. The van der Waals surface area contributed by atoms with Crippen LogP contribution in [0.5, 0.6) is 6.01 Å². The summed E-state index contributed by atoms with van der Waals surface area (Å²) in [5.74, 6) is 1.25. The van der Waals surface area contributed by atoms with E-state index in [4.69, 9.17) is 4.74 Å². The number of rotatable bonds is 7. The van der Waals surface area contributed by atoms with E-state index in [1.54, 1.807) is 7.05 Å². The smallest absolute Gasteiger partial charge is 0.322 e. The summed E-state index contributed by atoms with van der Waals surface area (Å²) in [4.78, 5) is 12.1. The van der Waals surface area contributed by atoms with Crippen molar-refractivity contribution in [2.45, 2.75) is 26.4 Å². The van der Waals surface area contributed by atoms with Crippen molar-refractivity contribution < 1.29 is 9.84 Å². The molecule has 1 aromatic heterocycles. The van der Waals surface area contributed by atoms with Crippen molar-refractivity contribution in [3.8, 4) is 6.01 Å². The van der Waals surface area contributed by atoms with Crippen molar-refractivity contribution in [1.82, 2.24) is 15.0 Å². The normalized spacial score (nSPS) is 12.3. The average Bonchev–Trinajstić information content (AvgIpc) is 2.35. The molecular formula is C11H21N5O2. The summed E-state index contributed by atoms with van der Waals surface area (Å²) in [6, 6.07) is 0.232. The molecule has 1 rings (SSSR count). The van der Waals surface area contributed by atoms with E-state index in [9.17, 15) is 5.11 Å². The van der Waals surface area contributed by atoms with Crippen molar-refractivity contribution in [1.29, 1.82) is 0 Å². The monoisotopic (exact) mass is 255 g/mol. The molecule has 0 spiro atoms. The zero-order valence-corrected chi connectivity index (χ0v) is 11.3. The molecule has 0 bridgehead atoms. The Morgan fingerprint density at radius 2 is 1.89 bits per heavy atom. The maximum atomic E-state index is 9.75. The molecule has 18 heavy (non-hydrogen) atoms. The van der Waals surface area contributed by atoms with Crippen molar-refractivity contribution >= 4 is 11.9 Å². The molecule has 0 saturated heterocycles. The summed E-state index contributed by atoms with van der Waals surface area (Å²) in [5, 5.41) is 15.5. The molecule has 0 radical (unpaired) electrons. The van der Waals surface area contributed by atoms with Gasteiger partial charge in [0.05, 0.1) is 13.2 Å². The van der Waals surface area contributed by atoms with E-state index < -0.39 is 6.10 Å². The number of anilines is 2. The Balaban J connectivity index is 2.60. The number of hydrogen-bond acceptors (Lipinski definition) is 7. The van der Waals surface area contributed by atoms with E-state index in [2.05, 4.69) is 39.4 Å². The van der Waals surface area contributed by atoms with Gasteiger partial charge in [-0.1, -0.05) is 13.8 Å². The Labute approximate surface area is 107 Å². The van der Waals surface area contributed by atoms with Gasteiger partial charge in [-0.05, 0) is 12.3 Å². The van der Waals surface area contributed by atoms with Crippen molar-refractivity contribution in [3.05, 3.63) is 0 Å². The number of aromatic nitrogens is 3. The fraction of sp³-hybridized carbons (Fsp3) is 0.727. The molecule has 1 aromatic rings. The van der Waals surface area contributed by atoms with Crippen LogP contribution < -0.4 is 15.4 Å². The van der Waals surface area contributed by atoms with Gasteiger partial charge < -0.3 is 20.5 Å². The lowest BCUT2D eigenvalue weighted by Crippen LogP contribution is -2.22. The molecule has 0 amide bonds. The summed E-state index contributed by atoms with van der Waals surface area (Å²) in [6.45, 7) is 4.52.